The zero-order valence-corrected chi connectivity index (χ0v) is 17.9. The van der Waals surface area contributed by atoms with Crippen LogP contribution in [0.2, 0.25) is 0 Å². The van der Waals surface area contributed by atoms with Crippen molar-refractivity contribution in [3.05, 3.63) is 39.4 Å². The minimum atomic E-state index is -6.37. The Morgan fingerprint density at radius 2 is 1.52 bits per heavy atom. The molecule has 0 aliphatic heterocycles. The smallest absolute Gasteiger partial charge is 0.249 e. The molecule has 2 rings (SSSR count). The predicted molar refractivity (Wildman–Crippen MR) is 98.7 cm³/mol. The summed E-state index contributed by atoms with van der Waals surface area (Å²) >= 11 is 6.78. The van der Waals surface area contributed by atoms with Crippen molar-refractivity contribution in [3.8, 4) is 11.1 Å². The van der Waals surface area contributed by atoms with Crippen LogP contribution in [0.25, 0.3) is 11.1 Å². The summed E-state index contributed by atoms with van der Waals surface area (Å²) < 4.78 is 90.8. The van der Waals surface area contributed by atoms with Crippen LogP contribution >= 0.6 is 55.4 Å². The lowest BCUT2D eigenvalue weighted by Gasteiger charge is -2.27. The number of rotatable bonds is 5. The van der Waals surface area contributed by atoms with Crippen LogP contribution in [0.4, 0.5) is 30.7 Å². The second kappa shape index (κ2) is 8.11. The minimum absolute atomic E-state index is 0.230. The molecule has 0 unspecified atom stereocenters. The molecule has 0 bridgehead atoms. The number of benzene rings is 1. The van der Waals surface area contributed by atoms with Crippen LogP contribution in [0, 0.1) is 0 Å². The highest BCUT2D eigenvalue weighted by Gasteiger charge is 2.73. The van der Waals surface area contributed by atoms with Crippen molar-refractivity contribution in [1.82, 2.24) is 4.98 Å². The topological polar surface area (TPSA) is 12.9 Å². The van der Waals surface area contributed by atoms with Gasteiger partial charge in [-0.3, -0.25) is 0 Å². The molecule has 12 heteroatoms. The Kier molecular flexibility index (Phi) is 6.86. The first kappa shape index (κ1) is 22.8. The van der Waals surface area contributed by atoms with Crippen LogP contribution < -0.4 is 0 Å². The van der Waals surface area contributed by atoms with Crippen LogP contribution in [0.5, 0.6) is 0 Å². The summed E-state index contributed by atoms with van der Waals surface area (Å²) in [6.07, 6.45) is -3.04. The maximum atomic E-state index is 13.6. The standard InChI is InChI=1S/C15H8Br2F7NS2/c1-26-12-8(3-2-4-25-12)11-9(16)5-7(6-10(11)17)27-15(23,24)13(18,19)14(20,21)22/h2-6H,1H3. The van der Waals surface area contributed by atoms with E-state index in [4.69, 9.17) is 0 Å². The van der Waals surface area contributed by atoms with Gasteiger partial charge in [-0.25, -0.2) is 4.98 Å². The number of nitrogens with zero attached hydrogens (tertiary/aromatic N) is 1. The van der Waals surface area contributed by atoms with Gasteiger partial charge < -0.3 is 0 Å². The first-order valence-electron chi connectivity index (χ1n) is 6.81. The molecule has 0 aliphatic carbocycles. The molecular formula is C15H8Br2F7NS2. The maximum Gasteiger partial charge on any atom is 0.460 e. The van der Waals surface area contributed by atoms with Crippen molar-refractivity contribution in [2.24, 2.45) is 0 Å². The lowest BCUT2D eigenvalue weighted by atomic mass is 10.1. The van der Waals surface area contributed by atoms with Gasteiger partial charge >= 0.3 is 17.4 Å². The average Bonchev–Trinajstić information content (AvgIpc) is 2.53. The number of hydrogen-bond acceptors (Lipinski definition) is 3. The van der Waals surface area contributed by atoms with Gasteiger partial charge in [0, 0.05) is 31.2 Å². The van der Waals surface area contributed by atoms with E-state index in [0.29, 0.717) is 16.2 Å². The fourth-order valence-corrected chi connectivity index (χ4v) is 5.35. The maximum absolute atomic E-state index is 13.6. The normalized spacial score (nSPS) is 13.1. The Morgan fingerprint density at radius 1 is 0.963 bits per heavy atom. The van der Waals surface area contributed by atoms with E-state index in [1.54, 1.807) is 24.6 Å². The fraction of sp³-hybridized carbons (Fsp3) is 0.267. The molecular weight excluding hydrogens is 551 g/mol. The zero-order chi connectivity index (χ0) is 20.6. The molecule has 0 N–H and O–H groups in total. The van der Waals surface area contributed by atoms with Gasteiger partial charge in [0.15, 0.2) is 0 Å². The Labute approximate surface area is 174 Å². The summed E-state index contributed by atoms with van der Waals surface area (Å²) in [6.45, 7) is 0. The van der Waals surface area contributed by atoms with Crippen molar-refractivity contribution in [2.75, 3.05) is 6.26 Å². The Morgan fingerprint density at radius 3 is 2.00 bits per heavy atom. The third kappa shape index (κ3) is 4.59. The third-order valence-corrected chi connectivity index (χ3v) is 6.16. The molecule has 0 amide bonds. The van der Waals surface area contributed by atoms with Gasteiger partial charge in [-0.15, -0.1) is 11.8 Å². The lowest BCUT2D eigenvalue weighted by Crippen LogP contribution is -2.49. The van der Waals surface area contributed by atoms with E-state index < -0.39 is 34.0 Å². The number of aromatic nitrogens is 1. The summed E-state index contributed by atoms with van der Waals surface area (Å²) in [5, 5.41) is -4.77. The zero-order valence-electron chi connectivity index (χ0n) is 13.1. The summed E-state index contributed by atoms with van der Waals surface area (Å²) in [7, 11) is 0. The second-order valence-electron chi connectivity index (χ2n) is 5.01. The van der Waals surface area contributed by atoms with E-state index in [1.165, 1.54) is 11.8 Å². The predicted octanol–water partition coefficient (Wildman–Crippen LogP) is 7.88. The summed E-state index contributed by atoms with van der Waals surface area (Å²) in [5.41, 5.74) is 1.13. The highest BCUT2D eigenvalue weighted by molar-refractivity contribution is 9.11. The van der Waals surface area contributed by atoms with E-state index in [9.17, 15) is 30.7 Å². The lowest BCUT2D eigenvalue weighted by molar-refractivity contribution is -0.330. The van der Waals surface area contributed by atoms with Crippen molar-refractivity contribution in [3.63, 3.8) is 0 Å². The molecule has 0 aliphatic rings. The molecule has 0 radical (unpaired) electrons. The minimum Gasteiger partial charge on any atom is -0.249 e. The molecule has 0 saturated carbocycles. The van der Waals surface area contributed by atoms with Crippen molar-refractivity contribution < 1.29 is 30.7 Å². The van der Waals surface area contributed by atoms with E-state index in [1.807, 2.05) is 0 Å². The van der Waals surface area contributed by atoms with E-state index in [0.717, 1.165) is 12.1 Å². The summed E-state index contributed by atoms with van der Waals surface area (Å²) in [6, 6.07) is 5.47. The number of thioether (sulfide) groups is 2. The summed E-state index contributed by atoms with van der Waals surface area (Å²) in [5.74, 6) is -6.18. The van der Waals surface area contributed by atoms with E-state index >= 15 is 0 Å². The van der Waals surface area contributed by atoms with E-state index in [-0.39, 0.29) is 8.95 Å². The number of hydrogen-bond donors (Lipinski definition) is 0. The second-order valence-corrected chi connectivity index (χ2v) is 8.71. The molecule has 2 aromatic rings. The van der Waals surface area contributed by atoms with Crippen molar-refractivity contribution in [2.45, 2.75) is 27.3 Å². The molecule has 1 aromatic carbocycles. The van der Waals surface area contributed by atoms with Crippen LogP contribution in [-0.2, 0) is 0 Å². The molecule has 0 atom stereocenters. The molecule has 0 fully saturated rings. The highest BCUT2D eigenvalue weighted by Crippen LogP contribution is 2.54. The number of alkyl halides is 7. The molecule has 1 heterocycles. The third-order valence-electron chi connectivity index (χ3n) is 3.22. The van der Waals surface area contributed by atoms with Gasteiger partial charge in [-0.1, -0.05) is 37.9 Å². The molecule has 0 saturated heterocycles. The molecule has 27 heavy (non-hydrogen) atoms. The van der Waals surface area contributed by atoms with Crippen LogP contribution in [0.15, 0.2) is 49.3 Å². The Bertz CT molecular complexity index is 820. The summed E-state index contributed by atoms with van der Waals surface area (Å²) in [4.78, 5) is 3.70. The Hall–Kier alpha value is -0.460. The van der Waals surface area contributed by atoms with Crippen LogP contribution in [0.1, 0.15) is 0 Å². The Balaban J connectivity index is 2.46. The van der Waals surface area contributed by atoms with Crippen LogP contribution in [0.3, 0.4) is 0 Å². The largest absolute Gasteiger partial charge is 0.460 e. The molecule has 148 valence electrons. The molecule has 1 aromatic heterocycles. The van der Waals surface area contributed by atoms with Crippen molar-refractivity contribution in [1.29, 1.82) is 0 Å². The van der Waals surface area contributed by atoms with Gasteiger partial charge in [0.05, 0.1) is 0 Å². The van der Waals surface area contributed by atoms with Crippen LogP contribution in [-0.4, -0.2) is 28.6 Å². The quantitative estimate of drug-likeness (QED) is 0.274. The van der Waals surface area contributed by atoms with E-state index in [2.05, 4.69) is 36.8 Å². The highest BCUT2D eigenvalue weighted by atomic mass is 79.9. The van der Waals surface area contributed by atoms with Gasteiger partial charge in [-0.2, -0.15) is 30.7 Å². The van der Waals surface area contributed by atoms with Gasteiger partial charge in [0.1, 0.15) is 5.03 Å². The molecule has 1 nitrogen and oxygen atoms in total. The first-order chi connectivity index (χ1) is 12.3. The van der Waals surface area contributed by atoms with Gasteiger partial charge in [-0.05, 0) is 36.2 Å². The number of pyridine rings is 1. The SMILES string of the molecule is CSc1ncccc1-c1c(Br)cc(SC(F)(F)C(F)(F)C(F)(F)F)cc1Br. The first-order valence-corrected chi connectivity index (χ1v) is 10.4. The number of halogens is 9. The monoisotopic (exact) mass is 557 g/mol. The van der Waals surface area contributed by atoms with Crippen molar-refractivity contribution >= 4 is 55.4 Å². The van der Waals surface area contributed by atoms with Gasteiger partial charge in [0.2, 0.25) is 0 Å². The average molecular weight is 559 g/mol. The fourth-order valence-electron chi connectivity index (χ4n) is 1.99. The van der Waals surface area contributed by atoms with Gasteiger partial charge in [0.25, 0.3) is 0 Å². The molecule has 0 spiro atoms.